The van der Waals surface area contributed by atoms with Gasteiger partial charge in [-0.2, -0.15) is 10.2 Å². The highest BCUT2D eigenvalue weighted by molar-refractivity contribution is 5.86. The van der Waals surface area contributed by atoms with Crippen LogP contribution in [-0.4, -0.2) is 17.5 Å². The van der Waals surface area contributed by atoms with Crippen LogP contribution in [0.5, 0.6) is 11.5 Å². The van der Waals surface area contributed by atoms with Gasteiger partial charge in [-0.05, 0) is 48.2 Å². The van der Waals surface area contributed by atoms with Gasteiger partial charge in [-0.15, -0.1) is 0 Å². The highest BCUT2D eigenvalue weighted by Crippen LogP contribution is 2.36. The smallest absolute Gasteiger partial charge is 0.301 e. The highest BCUT2D eigenvalue weighted by Gasteiger charge is 2.25. The van der Waals surface area contributed by atoms with Gasteiger partial charge >= 0.3 is 6.01 Å². The van der Waals surface area contributed by atoms with Crippen LogP contribution < -0.4 is 14.8 Å². The molecule has 0 radical (unpaired) electrons. The van der Waals surface area contributed by atoms with E-state index in [0.717, 1.165) is 23.1 Å². The number of nitrogens with zero attached hydrogens (tertiary/aromatic N) is 2. The summed E-state index contributed by atoms with van der Waals surface area (Å²) < 4.78 is 16.8. The summed E-state index contributed by atoms with van der Waals surface area (Å²) in [7, 11) is 0. The first-order chi connectivity index (χ1) is 15.7. The third kappa shape index (κ3) is 5.72. The highest BCUT2D eigenvalue weighted by atomic mass is 16.5. The van der Waals surface area contributed by atoms with Gasteiger partial charge in [0.05, 0.1) is 12.2 Å². The largest absolute Gasteiger partial charge is 0.492 e. The molecule has 0 aliphatic carbocycles. The Morgan fingerprint density at radius 1 is 1.18 bits per heavy atom. The van der Waals surface area contributed by atoms with E-state index in [2.05, 4.69) is 36.3 Å². The maximum atomic E-state index is 11.1. The molecular weight excluding hydrogens is 418 g/mol. The van der Waals surface area contributed by atoms with Crippen molar-refractivity contribution in [3.63, 3.8) is 0 Å². The molecule has 0 unspecified atom stereocenters. The molecule has 33 heavy (non-hydrogen) atoms. The summed E-state index contributed by atoms with van der Waals surface area (Å²) in [4.78, 5) is 15.2. The summed E-state index contributed by atoms with van der Waals surface area (Å²) in [6, 6.07) is 14.3. The maximum Gasteiger partial charge on any atom is 0.301 e. The monoisotopic (exact) mass is 447 g/mol. The molecule has 1 N–H and O–H groups in total. The van der Waals surface area contributed by atoms with E-state index in [1.54, 1.807) is 0 Å². The summed E-state index contributed by atoms with van der Waals surface area (Å²) in [5.41, 5.74) is 3.90. The third-order valence-corrected chi connectivity index (χ3v) is 5.36. The lowest BCUT2D eigenvalue weighted by molar-refractivity contribution is -0.114. The standard InChI is InChI=1S/C26H29N3O4/c1-6-11-31-24-17(2)12-21(13-19(24)14-27)26(4,5)20-7-9-23(10-8-20)32-15-22-16-33-25(29-22)28-18(3)30/h7-10,12-13,16H,6,11,15H2,1-5H3,(H,28,29,30). The van der Waals surface area contributed by atoms with E-state index in [-0.39, 0.29) is 23.9 Å². The van der Waals surface area contributed by atoms with Crippen molar-refractivity contribution < 1.29 is 18.7 Å². The molecule has 0 spiro atoms. The first-order valence-corrected chi connectivity index (χ1v) is 10.9. The maximum absolute atomic E-state index is 11.1. The molecule has 0 aliphatic heterocycles. The molecular formula is C26H29N3O4. The Balaban J connectivity index is 1.74. The fourth-order valence-corrected chi connectivity index (χ4v) is 3.49. The summed E-state index contributed by atoms with van der Waals surface area (Å²) in [6.07, 6.45) is 2.34. The predicted octanol–water partition coefficient (Wildman–Crippen LogP) is 5.51. The molecule has 7 heteroatoms. The van der Waals surface area contributed by atoms with E-state index in [1.807, 2.05) is 44.2 Å². The van der Waals surface area contributed by atoms with Gasteiger partial charge in [-0.3, -0.25) is 10.1 Å². The van der Waals surface area contributed by atoms with Crippen molar-refractivity contribution >= 4 is 11.9 Å². The summed E-state index contributed by atoms with van der Waals surface area (Å²) in [5, 5.41) is 12.1. The summed E-state index contributed by atoms with van der Waals surface area (Å²) in [6.45, 7) is 10.5. The minimum Gasteiger partial charge on any atom is -0.492 e. The van der Waals surface area contributed by atoms with E-state index in [1.165, 1.54) is 13.2 Å². The first kappa shape index (κ1) is 23.9. The minimum absolute atomic E-state index is 0.149. The number of nitriles is 1. The number of amides is 1. The first-order valence-electron chi connectivity index (χ1n) is 10.9. The Morgan fingerprint density at radius 3 is 2.55 bits per heavy atom. The molecule has 0 saturated heterocycles. The molecule has 1 aromatic heterocycles. The Morgan fingerprint density at radius 2 is 1.91 bits per heavy atom. The number of nitrogens with one attached hydrogen (secondary N) is 1. The van der Waals surface area contributed by atoms with E-state index in [9.17, 15) is 10.1 Å². The number of hydrogen-bond acceptors (Lipinski definition) is 6. The van der Waals surface area contributed by atoms with Gasteiger partial charge in [0, 0.05) is 12.3 Å². The molecule has 0 bridgehead atoms. The average molecular weight is 448 g/mol. The zero-order valence-electron chi connectivity index (χ0n) is 19.7. The van der Waals surface area contributed by atoms with Gasteiger partial charge in [0.2, 0.25) is 5.91 Å². The van der Waals surface area contributed by atoms with Gasteiger partial charge < -0.3 is 13.9 Å². The molecule has 0 fully saturated rings. The Hall–Kier alpha value is -3.79. The van der Waals surface area contributed by atoms with E-state index < -0.39 is 0 Å². The topological polar surface area (TPSA) is 97.4 Å². The minimum atomic E-state index is -0.322. The van der Waals surface area contributed by atoms with E-state index in [0.29, 0.717) is 29.4 Å². The average Bonchev–Trinajstić information content (AvgIpc) is 3.23. The van der Waals surface area contributed by atoms with Crippen LogP contribution in [0, 0.1) is 18.3 Å². The molecule has 1 heterocycles. The quantitative estimate of drug-likeness (QED) is 0.465. The van der Waals surface area contributed by atoms with Gasteiger partial charge in [0.1, 0.15) is 36.1 Å². The lowest BCUT2D eigenvalue weighted by atomic mass is 9.77. The predicted molar refractivity (Wildman–Crippen MR) is 125 cm³/mol. The number of carbonyl (C=O) groups excluding carboxylic acids is 1. The van der Waals surface area contributed by atoms with Crippen molar-refractivity contribution in [2.75, 3.05) is 11.9 Å². The number of benzene rings is 2. The van der Waals surface area contributed by atoms with Crippen LogP contribution in [0.1, 0.15) is 62.1 Å². The second-order valence-electron chi connectivity index (χ2n) is 8.39. The van der Waals surface area contributed by atoms with Crippen molar-refractivity contribution in [1.82, 2.24) is 4.98 Å². The summed E-state index contributed by atoms with van der Waals surface area (Å²) >= 11 is 0. The molecule has 0 saturated carbocycles. The lowest BCUT2D eigenvalue weighted by Gasteiger charge is -2.27. The Bertz CT molecular complexity index is 1160. The molecule has 172 valence electrons. The molecule has 3 rings (SSSR count). The SMILES string of the molecule is CCCOc1c(C)cc(C(C)(C)c2ccc(OCc3coc(NC(C)=O)n3)cc2)cc1C#N. The fourth-order valence-electron chi connectivity index (χ4n) is 3.49. The zero-order valence-corrected chi connectivity index (χ0v) is 19.7. The molecule has 1 amide bonds. The molecule has 0 atom stereocenters. The van der Waals surface area contributed by atoms with Crippen LogP contribution in [0.4, 0.5) is 6.01 Å². The number of anilines is 1. The zero-order chi connectivity index (χ0) is 24.0. The van der Waals surface area contributed by atoms with Crippen LogP contribution >= 0.6 is 0 Å². The molecule has 3 aromatic rings. The number of aryl methyl sites for hydroxylation is 1. The number of hydrogen-bond donors (Lipinski definition) is 1. The summed E-state index contributed by atoms with van der Waals surface area (Å²) in [5.74, 6) is 1.11. The van der Waals surface area contributed by atoms with Crippen LogP contribution in [0.3, 0.4) is 0 Å². The molecule has 0 aliphatic rings. The van der Waals surface area contributed by atoms with Crippen LogP contribution in [-0.2, 0) is 16.8 Å². The molecule has 7 nitrogen and oxygen atoms in total. The van der Waals surface area contributed by atoms with Gasteiger partial charge in [0.15, 0.2) is 0 Å². The van der Waals surface area contributed by atoms with Crippen molar-refractivity contribution in [2.45, 2.75) is 53.1 Å². The van der Waals surface area contributed by atoms with Crippen molar-refractivity contribution in [2.24, 2.45) is 0 Å². The van der Waals surface area contributed by atoms with Gasteiger partial charge in [-0.1, -0.05) is 39.0 Å². The normalized spacial score (nSPS) is 11.0. The van der Waals surface area contributed by atoms with Crippen LogP contribution in [0.2, 0.25) is 0 Å². The van der Waals surface area contributed by atoms with Crippen LogP contribution in [0.25, 0.3) is 0 Å². The number of aromatic nitrogens is 1. The van der Waals surface area contributed by atoms with Crippen molar-refractivity contribution in [3.05, 3.63) is 70.6 Å². The third-order valence-electron chi connectivity index (χ3n) is 5.36. The number of ether oxygens (including phenoxy) is 2. The van der Waals surface area contributed by atoms with Crippen molar-refractivity contribution in [3.8, 4) is 17.6 Å². The van der Waals surface area contributed by atoms with Gasteiger partial charge in [-0.25, -0.2) is 0 Å². The van der Waals surface area contributed by atoms with E-state index >= 15 is 0 Å². The second-order valence-corrected chi connectivity index (χ2v) is 8.39. The van der Waals surface area contributed by atoms with Crippen LogP contribution in [0.15, 0.2) is 47.1 Å². The fraction of sp³-hybridized carbons (Fsp3) is 0.346. The number of rotatable bonds is 9. The lowest BCUT2D eigenvalue weighted by Crippen LogP contribution is -2.19. The second kappa shape index (κ2) is 10.2. The Kier molecular flexibility index (Phi) is 7.39. The van der Waals surface area contributed by atoms with Gasteiger partial charge in [0.25, 0.3) is 0 Å². The molecule has 2 aromatic carbocycles. The Labute approximate surface area is 194 Å². The number of carbonyl (C=O) groups is 1. The number of oxazole rings is 1. The van der Waals surface area contributed by atoms with E-state index in [4.69, 9.17) is 13.9 Å². The van der Waals surface area contributed by atoms with Crippen molar-refractivity contribution in [1.29, 1.82) is 5.26 Å².